The quantitative estimate of drug-likeness (QED) is 0.516. The molecule has 0 saturated heterocycles. The smallest absolute Gasteiger partial charge is 0.222 e. The molecule has 1 aliphatic rings. The van der Waals surface area contributed by atoms with Crippen LogP contribution < -0.4 is 10.6 Å². The van der Waals surface area contributed by atoms with E-state index < -0.39 is 0 Å². The van der Waals surface area contributed by atoms with Crippen LogP contribution in [0.1, 0.15) is 75.0 Å². The largest absolute Gasteiger partial charge is 0.381 e. The lowest BCUT2D eigenvalue weighted by Gasteiger charge is -2.28. The SMILES string of the molecule is CCC(=O)C1CCC(NC(=O)CCOCCCNC(=O)CC(C)C)CC1.[HH].[HH]. The van der Waals surface area contributed by atoms with Crippen LogP contribution >= 0.6 is 0 Å². The molecule has 2 N–H and O–H groups in total. The second kappa shape index (κ2) is 12.8. The summed E-state index contributed by atoms with van der Waals surface area (Å²) in [6, 6.07) is 0.194. The first-order chi connectivity index (χ1) is 12.4. The molecule has 1 saturated carbocycles. The molecule has 0 aliphatic heterocycles. The van der Waals surface area contributed by atoms with Crippen LogP contribution in [0.4, 0.5) is 0 Å². The Morgan fingerprint density at radius 3 is 2.38 bits per heavy atom. The van der Waals surface area contributed by atoms with Gasteiger partial charge >= 0.3 is 0 Å². The van der Waals surface area contributed by atoms with E-state index in [1.807, 2.05) is 20.8 Å². The minimum atomic E-state index is 0. The molecule has 6 heteroatoms. The lowest BCUT2D eigenvalue weighted by atomic mass is 9.83. The number of hydrogen-bond donors (Lipinski definition) is 2. The molecule has 0 heterocycles. The van der Waals surface area contributed by atoms with Crippen LogP contribution in [0.15, 0.2) is 0 Å². The Labute approximate surface area is 160 Å². The van der Waals surface area contributed by atoms with E-state index in [1.165, 1.54) is 0 Å². The molecule has 1 fully saturated rings. The van der Waals surface area contributed by atoms with E-state index in [0.29, 0.717) is 50.7 Å². The van der Waals surface area contributed by atoms with E-state index in [-0.39, 0.29) is 26.6 Å². The number of amides is 2. The van der Waals surface area contributed by atoms with Crippen LogP contribution in [0.2, 0.25) is 0 Å². The summed E-state index contributed by atoms with van der Waals surface area (Å²) in [5.41, 5.74) is 0. The van der Waals surface area contributed by atoms with E-state index in [0.717, 1.165) is 32.1 Å². The maximum atomic E-state index is 11.9. The highest BCUT2D eigenvalue weighted by atomic mass is 16.5. The Kier molecular flexibility index (Phi) is 11.2. The molecule has 0 radical (unpaired) electrons. The maximum Gasteiger partial charge on any atom is 0.222 e. The first-order valence-corrected chi connectivity index (χ1v) is 10.1. The van der Waals surface area contributed by atoms with Crippen LogP contribution in [-0.2, 0) is 19.1 Å². The summed E-state index contributed by atoms with van der Waals surface area (Å²) < 4.78 is 5.46. The van der Waals surface area contributed by atoms with Gasteiger partial charge in [0.05, 0.1) is 6.61 Å². The Hall–Kier alpha value is -1.43. The standard InChI is InChI=1S/C20H36N2O4.2H2/c1-4-18(23)16-6-8-17(9-7-16)22-19(24)10-13-26-12-5-11-21-20(25)14-15(2)3;;/h15-17H,4-14H2,1-3H3,(H,21,25)(H,22,24);2*1H. The zero-order chi connectivity index (χ0) is 19.4. The molecule has 1 rings (SSSR count). The highest BCUT2D eigenvalue weighted by Crippen LogP contribution is 2.25. The van der Waals surface area contributed by atoms with Crippen molar-refractivity contribution >= 4 is 17.6 Å². The summed E-state index contributed by atoms with van der Waals surface area (Å²) in [6.45, 7) is 7.50. The monoisotopic (exact) mass is 372 g/mol. The van der Waals surface area contributed by atoms with Gasteiger partial charge in [-0.05, 0) is 38.0 Å². The highest BCUT2D eigenvalue weighted by molar-refractivity contribution is 5.81. The van der Waals surface area contributed by atoms with Gasteiger partial charge < -0.3 is 15.4 Å². The zero-order valence-corrected chi connectivity index (χ0v) is 16.6. The van der Waals surface area contributed by atoms with Gasteiger partial charge in [-0.2, -0.15) is 0 Å². The normalized spacial score (nSPS) is 20.0. The molecule has 0 spiro atoms. The minimum Gasteiger partial charge on any atom is -0.381 e. The first kappa shape index (κ1) is 22.6. The fraction of sp³-hybridized carbons (Fsp3) is 0.850. The Bertz CT molecular complexity index is 453. The second-order valence-corrected chi connectivity index (χ2v) is 7.60. The molecule has 154 valence electrons. The Morgan fingerprint density at radius 2 is 1.77 bits per heavy atom. The number of rotatable bonds is 12. The van der Waals surface area contributed by atoms with Gasteiger partial charge in [-0.25, -0.2) is 0 Å². The van der Waals surface area contributed by atoms with Crippen molar-refractivity contribution in [3.8, 4) is 0 Å². The molecular formula is C20H40N2O4. The van der Waals surface area contributed by atoms with Gasteiger partial charge in [-0.3, -0.25) is 14.4 Å². The number of ketones is 1. The number of ether oxygens (including phenoxy) is 1. The maximum absolute atomic E-state index is 11.9. The van der Waals surface area contributed by atoms with Crippen LogP contribution in [-0.4, -0.2) is 43.4 Å². The fourth-order valence-electron chi connectivity index (χ4n) is 3.26. The topological polar surface area (TPSA) is 84.5 Å². The van der Waals surface area contributed by atoms with Gasteiger partial charge in [0.2, 0.25) is 11.8 Å². The van der Waals surface area contributed by atoms with E-state index in [1.54, 1.807) is 0 Å². The van der Waals surface area contributed by atoms with Crippen molar-refractivity contribution in [2.75, 3.05) is 19.8 Å². The first-order valence-electron chi connectivity index (χ1n) is 10.1. The molecule has 0 atom stereocenters. The predicted molar refractivity (Wildman–Crippen MR) is 106 cm³/mol. The predicted octanol–water partition coefficient (Wildman–Crippen LogP) is 3.09. The Balaban J connectivity index is 0. The number of Topliss-reactive ketones (excluding diaryl/α,β-unsaturated/α-hetero) is 1. The van der Waals surface area contributed by atoms with Crippen LogP contribution in [0.5, 0.6) is 0 Å². The second-order valence-electron chi connectivity index (χ2n) is 7.60. The summed E-state index contributed by atoms with van der Waals surface area (Å²) >= 11 is 0. The third-order valence-corrected chi connectivity index (χ3v) is 4.75. The van der Waals surface area contributed by atoms with E-state index >= 15 is 0 Å². The van der Waals surface area contributed by atoms with E-state index in [9.17, 15) is 14.4 Å². The van der Waals surface area contributed by atoms with Crippen molar-refractivity contribution in [3.63, 3.8) is 0 Å². The molecule has 1 aliphatic carbocycles. The lowest BCUT2D eigenvalue weighted by molar-refractivity contribution is -0.124. The van der Waals surface area contributed by atoms with Gasteiger partial charge in [0.1, 0.15) is 5.78 Å². The van der Waals surface area contributed by atoms with Crippen molar-refractivity contribution in [3.05, 3.63) is 0 Å². The van der Waals surface area contributed by atoms with Crippen molar-refractivity contribution in [1.82, 2.24) is 10.6 Å². The molecule has 0 aromatic rings. The van der Waals surface area contributed by atoms with Gasteiger partial charge in [0.25, 0.3) is 0 Å². The molecule has 0 unspecified atom stereocenters. The Morgan fingerprint density at radius 1 is 1.08 bits per heavy atom. The minimum absolute atomic E-state index is 0. The van der Waals surface area contributed by atoms with Crippen LogP contribution in [0.25, 0.3) is 0 Å². The van der Waals surface area contributed by atoms with Crippen LogP contribution in [0.3, 0.4) is 0 Å². The molecule has 2 amide bonds. The summed E-state index contributed by atoms with van der Waals surface area (Å²) in [5.74, 6) is 1.00. The molecule has 0 aromatic carbocycles. The third-order valence-electron chi connectivity index (χ3n) is 4.75. The van der Waals surface area contributed by atoms with Crippen molar-refractivity contribution in [2.24, 2.45) is 11.8 Å². The van der Waals surface area contributed by atoms with E-state index in [4.69, 9.17) is 4.74 Å². The molecule has 0 aromatic heterocycles. The van der Waals surface area contributed by atoms with Crippen LogP contribution in [0, 0.1) is 11.8 Å². The van der Waals surface area contributed by atoms with Gasteiger partial charge in [-0.15, -0.1) is 0 Å². The van der Waals surface area contributed by atoms with Gasteiger partial charge in [0.15, 0.2) is 0 Å². The van der Waals surface area contributed by atoms with Crippen molar-refractivity contribution in [1.29, 1.82) is 0 Å². The summed E-state index contributed by atoms with van der Waals surface area (Å²) in [6.07, 6.45) is 5.82. The highest BCUT2D eigenvalue weighted by Gasteiger charge is 2.25. The number of hydrogen-bond acceptors (Lipinski definition) is 4. The number of carbonyl (C=O) groups excluding carboxylic acids is 3. The average Bonchev–Trinajstić information content (AvgIpc) is 2.60. The van der Waals surface area contributed by atoms with Gasteiger partial charge in [0, 0.05) is 47.2 Å². The van der Waals surface area contributed by atoms with Gasteiger partial charge in [-0.1, -0.05) is 20.8 Å². The summed E-state index contributed by atoms with van der Waals surface area (Å²) in [5, 5.41) is 5.91. The van der Waals surface area contributed by atoms with E-state index in [2.05, 4.69) is 10.6 Å². The molecular weight excluding hydrogens is 332 g/mol. The summed E-state index contributed by atoms with van der Waals surface area (Å²) in [4.78, 5) is 35.1. The summed E-state index contributed by atoms with van der Waals surface area (Å²) in [7, 11) is 0. The fourth-order valence-corrected chi connectivity index (χ4v) is 3.26. The molecule has 26 heavy (non-hydrogen) atoms. The lowest BCUT2D eigenvalue weighted by Crippen LogP contribution is -2.39. The zero-order valence-electron chi connectivity index (χ0n) is 16.6. The molecule has 0 bridgehead atoms. The number of carbonyl (C=O) groups is 3. The average molecular weight is 373 g/mol. The van der Waals surface area contributed by atoms with Crippen molar-refractivity contribution in [2.45, 2.75) is 78.2 Å². The molecule has 6 nitrogen and oxygen atoms in total. The third kappa shape index (κ3) is 9.90. The number of nitrogens with one attached hydrogen (secondary N) is 2. The van der Waals surface area contributed by atoms with Crippen molar-refractivity contribution < 1.29 is 22.0 Å².